The number of fused-ring (bicyclic) bond motifs is 1. The molecule has 8 nitrogen and oxygen atoms in total. The molecule has 0 aliphatic carbocycles. The molecule has 0 fully saturated rings. The average molecular weight is 339 g/mol. The zero-order valence-corrected chi connectivity index (χ0v) is 14.6. The van der Waals surface area contributed by atoms with Crippen LogP contribution in [0.25, 0.3) is 0 Å². The molecule has 0 radical (unpaired) electrons. The van der Waals surface area contributed by atoms with Gasteiger partial charge in [-0.1, -0.05) is 0 Å². The zero-order chi connectivity index (χ0) is 17.6. The van der Waals surface area contributed by atoms with E-state index < -0.39 is 0 Å². The number of amides is 1. The second-order valence-corrected chi connectivity index (χ2v) is 6.48. The Balaban J connectivity index is 1.80. The highest BCUT2D eigenvalue weighted by Crippen LogP contribution is 2.31. The van der Waals surface area contributed by atoms with E-state index >= 15 is 0 Å². The van der Waals surface area contributed by atoms with Gasteiger partial charge >= 0.3 is 0 Å². The van der Waals surface area contributed by atoms with Crippen LogP contribution < -0.4 is 0 Å². The molecule has 3 aromatic heterocycles. The topological polar surface area (TPSA) is 73.8 Å². The lowest BCUT2D eigenvalue weighted by Gasteiger charge is -2.28. The fourth-order valence-electron chi connectivity index (χ4n) is 3.38. The fraction of sp³-hybridized carbons (Fsp3) is 0.412. The lowest BCUT2D eigenvalue weighted by atomic mass is 10.1. The molecule has 0 saturated carbocycles. The van der Waals surface area contributed by atoms with E-state index in [0.29, 0.717) is 12.2 Å². The number of carbonyl (C=O) groups excluding carboxylic acids is 1. The Bertz CT molecular complexity index is 900. The first-order valence-electron chi connectivity index (χ1n) is 8.36. The number of aryl methyl sites for hydroxylation is 4. The third kappa shape index (κ3) is 2.63. The number of aromatic nitrogens is 6. The van der Waals surface area contributed by atoms with Gasteiger partial charge in [-0.05, 0) is 19.4 Å². The van der Waals surface area contributed by atoms with E-state index in [1.165, 1.54) is 0 Å². The minimum atomic E-state index is -0.263. The summed E-state index contributed by atoms with van der Waals surface area (Å²) in [6.07, 6.45) is 8.38. The summed E-state index contributed by atoms with van der Waals surface area (Å²) in [5.74, 6) is 0.792. The Hall–Kier alpha value is -2.90. The molecule has 1 aliphatic heterocycles. The van der Waals surface area contributed by atoms with Crippen LogP contribution in [0.3, 0.4) is 0 Å². The van der Waals surface area contributed by atoms with E-state index in [2.05, 4.69) is 19.7 Å². The van der Waals surface area contributed by atoms with Gasteiger partial charge in [0.05, 0.1) is 6.20 Å². The van der Waals surface area contributed by atoms with Gasteiger partial charge in [0, 0.05) is 57.0 Å². The number of rotatable bonds is 2. The smallest absolute Gasteiger partial charge is 0.275 e. The van der Waals surface area contributed by atoms with Gasteiger partial charge in [0.1, 0.15) is 11.9 Å². The van der Waals surface area contributed by atoms with E-state index in [1.54, 1.807) is 21.8 Å². The van der Waals surface area contributed by atoms with Crippen LogP contribution in [-0.2, 0) is 20.6 Å². The van der Waals surface area contributed by atoms with Crippen LogP contribution >= 0.6 is 0 Å². The van der Waals surface area contributed by atoms with Gasteiger partial charge in [-0.25, -0.2) is 4.98 Å². The second-order valence-electron chi connectivity index (χ2n) is 6.48. The number of carbonyl (C=O) groups is 1. The molecular weight excluding hydrogens is 318 g/mol. The summed E-state index contributed by atoms with van der Waals surface area (Å²) < 4.78 is 5.60. The number of hydrogen-bond acceptors (Lipinski definition) is 4. The van der Waals surface area contributed by atoms with Gasteiger partial charge in [0.15, 0.2) is 5.69 Å². The van der Waals surface area contributed by atoms with Crippen molar-refractivity contribution in [2.24, 2.45) is 14.1 Å². The van der Waals surface area contributed by atoms with Crippen molar-refractivity contribution in [3.05, 3.63) is 53.6 Å². The molecule has 4 rings (SSSR count). The summed E-state index contributed by atoms with van der Waals surface area (Å²) in [5, 5.41) is 8.66. The molecule has 0 N–H and O–H groups in total. The predicted octanol–water partition coefficient (Wildman–Crippen LogP) is 1.29. The van der Waals surface area contributed by atoms with Gasteiger partial charge in [-0.15, -0.1) is 0 Å². The summed E-state index contributed by atoms with van der Waals surface area (Å²) in [4.78, 5) is 19.6. The average Bonchev–Trinajstić information content (AvgIpc) is 3.27. The number of hydrogen-bond donors (Lipinski definition) is 0. The molecule has 1 atom stereocenters. The zero-order valence-electron chi connectivity index (χ0n) is 14.6. The predicted molar refractivity (Wildman–Crippen MR) is 90.9 cm³/mol. The van der Waals surface area contributed by atoms with E-state index in [-0.39, 0.29) is 11.9 Å². The van der Waals surface area contributed by atoms with Crippen molar-refractivity contribution >= 4 is 5.91 Å². The van der Waals surface area contributed by atoms with Crippen molar-refractivity contribution < 1.29 is 4.79 Å². The van der Waals surface area contributed by atoms with Crippen molar-refractivity contribution in [2.75, 3.05) is 6.54 Å². The van der Waals surface area contributed by atoms with Crippen LogP contribution in [0.1, 0.15) is 40.0 Å². The molecule has 130 valence electrons. The first-order chi connectivity index (χ1) is 12.0. The Morgan fingerprint density at radius 1 is 1.28 bits per heavy atom. The molecule has 0 bridgehead atoms. The molecule has 1 amide bonds. The monoisotopic (exact) mass is 339 g/mol. The largest absolute Gasteiger partial charge is 0.333 e. The molecule has 25 heavy (non-hydrogen) atoms. The summed E-state index contributed by atoms with van der Waals surface area (Å²) in [5.41, 5.74) is 2.38. The number of imidazole rings is 1. The van der Waals surface area contributed by atoms with E-state index in [1.807, 2.05) is 44.4 Å². The third-order valence-corrected chi connectivity index (χ3v) is 4.74. The van der Waals surface area contributed by atoms with E-state index in [4.69, 9.17) is 0 Å². The Morgan fingerprint density at radius 2 is 2.12 bits per heavy atom. The molecule has 8 heteroatoms. The molecular formula is C17H21N7O. The second kappa shape index (κ2) is 5.87. The minimum absolute atomic E-state index is 0.0750. The van der Waals surface area contributed by atoms with E-state index in [0.717, 1.165) is 30.0 Å². The highest BCUT2D eigenvalue weighted by Gasteiger charge is 2.34. The molecule has 4 heterocycles. The van der Waals surface area contributed by atoms with Crippen molar-refractivity contribution in [1.82, 2.24) is 34.0 Å². The Kier molecular flexibility index (Phi) is 3.67. The van der Waals surface area contributed by atoms with Crippen molar-refractivity contribution in [3.63, 3.8) is 0 Å². The molecule has 3 aromatic rings. The number of nitrogens with zero attached hydrogens (tertiary/aromatic N) is 7. The van der Waals surface area contributed by atoms with Crippen molar-refractivity contribution in [2.45, 2.75) is 25.9 Å². The van der Waals surface area contributed by atoms with Gasteiger partial charge in [0.2, 0.25) is 0 Å². The van der Waals surface area contributed by atoms with Crippen LogP contribution in [-0.4, -0.2) is 46.5 Å². The third-order valence-electron chi connectivity index (χ3n) is 4.74. The van der Waals surface area contributed by atoms with Crippen LogP contribution in [0.15, 0.2) is 30.9 Å². The summed E-state index contributed by atoms with van der Waals surface area (Å²) >= 11 is 0. The quantitative estimate of drug-likeness (QED) is 0.705. The molecule has 1 aliphatic rings. The van der Waals surface area contributed by atoms with Gasteiger partial charge in [-0.2, -0.15) is 10.2 Å². The molecule has 0 saturated heterocycles. The molecule has 0 spiro atoms. The highest BCUT2D eigenvalue weighted by atomic mass is 16.2. The molecule has 1 unspecified atom stereocenters. The van der Waals surface area contributed by atoms with Gasteiger partial charge in [-0.3, -0.25) is 14.2 Å². The van der Waals surface area contributed by atoms with Crippen molar-refractivity contribution in [3.8, 4) is 0 Å². The van der Waals surface area contributed by atoms with Gasteiger partial charge in [0.25, 0.3) is 5.91 Å². The maximum absolute atomic E-state index is 13.2. The normalized spacial score (nSPS) is 17.4. The minimum Gasteiger partial charge on any atom is -0.333 e. The standard InChI is InChI=1S/C17H21N7O/c1-12-9-14(20-22(12)3)17(25)24-7-4-6-23-8-5-18-16(23)15(24)13-10-19-21(2)11-13/h5,8-11,15H,4,6-7H2,1-3H3. The molecule has 0 aromatic carbocycles. The Labute approximate surface area is 145 Å². The SMILES string of the molecule is Cc1cc(C(=O)N2CCCn3ccnc3C2c2cnn(C)c2)nn1C. The summed E-state index contributed by atoms with van der Waals surface area (Å²) in [7, 11) is 3.72. The summed E-state index contributed by atoms with van der Waals surface area (Å²) in [6.45, 7) is 3.44. The van der Waals surface area contributed by atoms with Crippen molar-refractivity contribution in [1.29, 1.82) is 0 Å². The maximum atomic E-state index is 13.2. The van der Waals surface area contributed by atoms with Crippen LogP contribution in [0, 0.1) is 6.92 Å². The fourth-order valence-corrected chi connectivity index (χ4v) is 3.38. The Morgan fingerprint density at radius 3 is 2.80 bits per heavy atom. The maximum Gasteiger partial charge on any atom is 0.275 e. The van der Waals surface area contributed by atoms with Crippen LogP contribution in [0.4, 0.5) is 0 Å². The van der Waals surface area contributed by atoms with Crippen LogP contribution in [0.5, 0.6) is 0 Å². The van der Waals surface area contributed by atoms with E-state index in [9.17, 15) is 4.79 Å². The summed E-state index contributed by atoms with van der Waals surface area (Å²) in [6, 6.07) is 1.57. The highest BCUT2D eigenvalue weighted by molar-refractivity contribution is 5.93. The van der Waals surface area contributed by atoms with Crippen LogP contribution in [0.2, 0.25) is 0 Å². The first-order valence-corrected chi connectivity index (χ1v) is 8.36. The lowest BCUT2D eigenvalue weighted by Crippen LogP contribution is -2.36. The first kappa shape index (κ1) is 15.6. The lowest BCUT2D eigenvalue weighted by molar-refractivity contribution is 0.0700. The van der Waals surface area contributed by atoms with Gasteiger partial charge < -0.3 is 9.47 Å².